The average molecular weight is 523 g/mol. The molecule has 1 unspecified atom stereocenters. The molecule has 0 saturated carbocycles. The second-order valence-electron chi connectivity index (χ2n) is 7.39. The number of guanidine groups is 1. The van der Waals surface area contributed by atoms with Gasteiger partial charge in [-0.25, -0.2) is 4.99 Å². The van der Waals surface area contributed by atoms with E-state index in [0.29, 0.717) is 19.1 Å². The fourth-order valence-corrected chi connectivity index (χ4v) is 3.79. The second-order valence-corrected chi connectivity index (χ2v) is 7.39. The van der Waals surface area contributed by atoms with Crippen molar-refractivity contribution < 1.29 is 0 Å². The highest BCUT2D eigenvalue weighted by molar-refractivity contribution is 14.0. The van der Waals surface area contributed by atoms with Gasteiger partial charge in [-0.1, -0.05) is 43.3 Å². The first kappa shape index (κ1) is 24.3. The Balaban J connectivity index is 0.00000320. The third kappa shape index (κ3) is 6.04. The molecule has 0 aliphatic carbocycles. The molecule has 30 heavy (non-hydrogen) atoms. The van der Waals surface area contributed by atoms with Crippen LogP contribution in [0.15, 0.2) is 48.0 Å². The second kappa shape index (κ2) is 12.0. The van der Waals surface area contributed by atoms with Crippen LogP contribution in [0.5, 0.6) is 0 Å². The van der Waals surface area contributed by atoms with Crippen molar-refractivity contribution in [2.45, 2.75) is 32.9 Å². The predicted molar refractivity (Wildman–Crippen MR) is 133 cm³/mol. The topological polar surface area (TPSA) is 61.6 Å². The van der Waals surface area contributed by atoms with Crippen LogP contribution in [0, 0.1) is 6.92 Å². The summed E-state index contributed by atoms with van der Waals surface area (Å²) in [5.41, 5.74) is 1.40. The largest absolute Gasteiger partial charge is 0.353 e. The van der Waals surface area contributed by atoms with E-state index in [-0.39, 0.29) is 24.0 Å². The Morgan fingerprint density at radius 3 is 2.47 bits per heavy atom. The van der Waals surface area contributed by atoms with Gasteiger partial charge in [0.2, 0.25) is 0 Å². The lowest BCUT2D eigenvalue weighted by molar-refractivity contribution is 0.127. The molecule has 1 aliphatic heterocycles. The van der Waals surface area contributed by atoms with Crippen LogP contribution in [0.2, 0.25) is 0 Å². The maximum atomic E-state index is 4.82. The molecule has 8 heteroatoms. The van der Waals surface area contributed by atoms with E-state index in [4.69, 9.17) is 4.99 Å². The van der Waals surface area contributed by atoms with Gasteiger partial charge in [-0.05, 0) is 18.9 Å². The Hall–Kier alpha value is -1.94. The molecule has 3 rings (SSSR count). The summed E-state index contributed by atoms with van der Waals surface area (Å²) in [4.78, 5) is 9.74. The van der Waals surface area contributed by atoms with Gasteiger partial charge in [0, 0.05) is 45.8 Å². The van der Waals surface area contributed by atoms with Crippen LogP contribution < -0.4 is 5.32 Å². The predicted octanol–water partition coefficient (Wildman–Crippen LogP) is 3.14. The van der Waals surface area contributed by atoms with Gasteiger partial charge in [-0.2, -0.15) is 0 Å². The van der Waals surface area contributed by atoms with Crippen molar-refractivity contribution in [1.82, 2.24) is 29.9 Å². The molecule has 0 bridgehead atoms. The summed E-state index contributed by atoms with van der Waals surface area (Å²) in [5.74, 6) is 2.68. The van der Waals surface area contributed by atoms with E-state index in [1.54, 1.807) is 0 Å². The molecule has 1 aliphatic rings. The van der Waals surface area contributed by atoms with Crippen molar-refractivity contribution in [3.63, 3.8) is 0 Å². The van der Waals surface area contributed by atoms with Crippen molar-refractivity contribution >= 4 is 29.9 Å². The highest BCUT2D eigenvalue weighted by atomic mass is 127. The molecule has 1 N–H and O–H groups in total. The summed E-state index contributed by atoms with van der Waals surface area (Å²) in [5, 5.41) is 11.8. The lowest BCUT2D eigenvalue weighted by atomic mass is 10.0. The van der Waals surface area contributed by atoms with E-state index in [1.165, 1.54) is 5.56 Å². The molecule has 0 spiro atoms. The SMILES string of the molecule is C=CCNC(=NCc1nnc(C)n1C)N1CCN(C(CC)c2ccccc2)CC1.I. The number of aryl methyl sites for hydroxylation is 1. The first-order valence-corrected chi connectivity index (χ1v) is 10.4. The molecule has 0 amide bonds. The first-order chi connectivity index (χ1) is 14.1. The molecule has 0 radical (unpaired) electrons. The lowest BCUT2D eigenvalue weighted by Gasteiger charge is -2.40. The summed E-state index contributed by atoms with van der Waals surface area (Å²) in [6.07, 6.45) is 2.98. The fourth-order valence-electron chi connectivity index (χ4n) is 3.79. The normalized spacial score (nSPS) is 16.1. The third-order valence-corrected chi connectivity index (χ3v) is 5.58. The van der Waals surface area contributed by atoms with Gasteiger partial charge in [-0.15, -0.1) is 40.8 Å². The molecule has 2 aromatic rings. The van der Waals surface area contributed by atoms with Crippen molar-refractivity contribution in [2.24, 2.45) is 12.0 Å². The molecule has 2 heterocycles. The Kier molecular flexibility index (Phi) is 9.77. The summed E-state index contributed by atoms with van der Waals surface area (Å²) >= 11 is 0. The Bertz CT molecular complexity index is 810. The number of rotatable bonds is 7. The number of nitrogens with zero attached hydrogens (tertiary/aromatic N) is 6. The van der Waals surface area contributed by atoms with Crippen molar-refractivity contribution in [3.8, 4) is 0 Å². The lowest BCUT2D eigenvalue weighted by Crippen LogP contribution is -2.53. The zero-order valence-electron chi connectivity index (χ0n) is 18.3. The maximum Gasteiger partial charge on any atom is 0.194 e. The summed E-state index contributed by atoms with van der Waals surface area (Å²) in [6, 6.07) is 11.3. The highest BCUT2D eigenvalue weighted by Crippen LogP contribution is 2.25. The van der Waals surface area contributed by atoms with Gasteiger partial charge in [0.15, 0.2) is 11.8 Å². The smallest absolute Gasteiger partial charge is 0.194 e. The van der Waals surface area contributed by atoms with E-state index < -0.39 is 0 Å². The number of piperazine rings is 1. The fraction of sp³-hybridized carbons (Fsp3) is 0.500. The Morgan fingerprint density at radius 2 is 1.90 bits per heavy atom. The molecule has 1 atom stereocenters. The number of aliphatic imine (C=N–C) groups is 1. The van der Waals surface area contributed by atoms with Gasteiger partial charge in [-0.3, -0.25) is 4.90 Å². The molecule has 1 fully saturated rings. The van der Waals surface area contributed by atoms with Gasteiger partial charge in [0.25, 0.3) is 0 Å². The van der Waals surface area contributed by atoms with Crippen molar-refractivity contribution in [1.29, 1.82) is 0 Å². The molecule has 1 saturated heterocycles. The van der Waals surface area contributed by atoms with Crippen molar-refractivity contribution in [3.05, 3.63) is 60.2 Å². The van der Waals surface area contributed by atoms with Crippen LogP contribution in [0.4, 0.5) is 0 Å². The van der Waals surface area contributed by atoms with E-state index in [1.807, 2.05) is 24.6 Å². The Morgan fingerprint density at radius 1 is 1.20 bits per heavy atom. The number of benzene rings is 1. The van der Waals surface area contributed by atoms with Crippen LogP contribution in [0.1, 0.15) is 36.6 Å². The van der Waals surface area contributed by atoms with Gasteiger partial charge >= 0.3 is 0 Å². The quantitative estimate of drug-likeness (QED) is 0.262. The van der Waals surface area contributed by atoms with Gasteiger partial charge in [0.05, 0.1) is 0 Å². The molecule has 164 valence electrons. The van der Waals surface area contributed by atoms with E-state index in [2.05, 4.69) is 69.1 Å². The van der Waals surface area contributed by atoms with E-state index in [0.717, 1.165) is 50.2 Å². The minimum absolute atomic E-state index is 0. The standard InChI is InChI=1S/C22H33N7.HI/c1-5-12-23-22(24-17-21-26-25-18(3)27(21)4)29-15-13-28(14-16-29)20(6-2)19-10-8-7-9-11-19;/h5,7-11,20H,1,6,12-17H2,2-4H3,(H,23,24);1H. The summed E-state index contributed by atoms with van der Waals surface area (Å²) in [6.45, 7) is 13.2. The molecule has 7 nitrogen and oxygen atoms in total. The summed E-state index contributed by atoms with van der Waals surface area (Å²) < 4.78 is 1.98. The molecular weight excluding hydrogens is 489 g/mol. The van der Waals surface area contributed by atoms with Crippen LogP contribution >= 0.6 is 24.0 Å². The zero-order valence-corrected chi connectivity index (χ0v) is 20.6. The van der Waals surface area contributed by atoms with Crippen molar-refractivity contribution in [2.75, 3.05) is 32.7 Å². The minimum atomic E-state index is 0. The zero-order chi connectivity index (χ0) is 20.6. The first-order valence-electron chi connectivity index (χ1n) is 10.4. The average Bonchev–Trinajstić information content (AvgIpc) is 3.08. The third-order valence-electron chi connectivity index (χ3n) is 5.58. The van der Waals surface area contributed by atoms with E-state index >= 15 is 0 Å². The summed E-state index contributed by atoms with van der Waals surface area (Å²) in [7, 11) is 1.98. The highest BCUT2D eigenvalue weighted by Gasteiger charge is 2.25. The monoisotopic (exact) mass is 523 g/mol. The Labute approximate surface area is 197 Å². The maximum absolute atomic E-state index is 4.82. The van der Waals surface area contributed by atoms with Crippen LogP contribution in [-0.4, -0.2) is 63.2 Å². The molecule has 1 aromatic heterocycles. The minimum Gasteiger partial charge on any atom is -0.353 e. The number of hydrogen-bond donors (Lipinski definition) is 1. The van der Waals surface area contributed by atoms with Crippen LogP contribution in [0.3, 0.4) is 0 Å². The molecular formula is C22H34IN7. The van der Waals surface area contributed by atoms with Gasteiger partial charge in [0.1, 0.15) is 12.4 Å². The van der Waals surface area contributed by atoms with Crippen LogP contribution in [-0.2, 0) is 13.6 Å². The number of nitrogens with one attached hydrogen (secondary N) is 1. The van der Waals surface area contributed by atoms with Crippen LogP contribution in [0.25, 0.3) is 0 Å². The van der Waals surface area contributed by atoms with Gasteiger partial charge < -0.3 is 14.8 Å². The number of hydrogen-bond acceptors (Lipinski definition) is 4. The number of aromatic nitrogens is 3. The number of halogens is 1. The molecule has 1 aromatic carbocycles. The van der Waals surface area contributed by atoms with E-state index in [9.17, 15) is 0 Å².